The van der Waals surface area contributed by atoms with E-state index in [1.54, 1.807) is 7.11 Å². The maximum atomic E-state index is 5.80. The van der Waals surface area contributed by atoms with E-state index in [0.29, 0.717) is 30.7 Å². The predicted octanol–water partition coefficient (Wildman–Crippen LogP) is 4.21. The third-order valence-electron chi connectivity index (χ3n) is 3.92. The molecule has 1 heterocycles. The molecule has 0 aliphatic carbocycles. The van der Waals surface area contributed by atoms with Crippen molar-refractivity contribution in [3.8, 4) is 23.8 Å². The molecule has 0 aromatic heterocycles. The van der Waals surface area contributed by atoms with Crippen molar-refractivity contribution in [3.63, 3.8) is 0 Å². The molecule has 3 rings (SSSR count). The number of benzene rings is 2. The molecule has 0 unspecified atom stereocenters. The van der Waals surface area contributed by atoms with Gasteiger partial charge in [0.15, 0.2) is 11.5 Å². The van der Waals surface area contributed by atoms with Gasteiger partial charge in [-0.25, -0.2) is 0 Å². The Labute approximate surface area is 153 Å². The standard InChI is InChI=1S/C20H19ClN2O2/c1-3-15-6-4-7-17(10-15)23-14-22-13-16-11-20(25-9-5-8-21)19(24-2)12-18(16)23/h1,4,6-7,10-13H,5,8-9,14H2,2H3. The van der Waals surface area contributed by atoms with E-state index in [2.05, 4.69) is 15.8 Å². The Morgan fingerprint density at radius 3 is 2.92 bits per heavy atom. The molecule has 0 fully saturated rings. The molecule has 4 nitrogen and oxygen atoms in total. The summed E-state index contributed by atoms with van der Waals surface area (Å²) in [5, 5.41) is 0. The van der Waals surface area contributed by atoms with Crippen LogP contribution in [0.2, 0.25) is 0 Å². The maximum absolute atomic E-state index is 5.80. The van der Waals surface area contributed by atoms with Crippen LogP contribution in [0.15, 0.2) is 41.4 Å². The molecule has 0 N–H and O–H groups in total. The van der Waals surface area contributed by atoms with Gasteiger partial charge in [0.05, 0.1) is 19.4 Å². The number of terminal acetylenes is 1. The van der Waals surface area contributed by atoms with Crippen LogP contribution in [-0.2, 0) is 0 Å². The zero-order valence-electron chi connectivity index (χ0n) is 14.0. The molecule has 0 radical (unpaired) electrons. The van der Waals surface area contributed by atoms with E-state index in [-0.39, 0.29) is 0 Å². The Hall–Kier alpha value is -2.64. The summed E-state index contributed by atoms with van der Waals surface area (Å²) in [7, 11) is 1.64. The fourth-order valence-electron chi connectivity index (χ4n) is 2.69. The largest absolute Gasteiger partial charge is 0.493 e. The second-order valence-corrected chi connectivity index (χ2v) is 5.91. The van der Waals surface area contributed by atoms with Crippen LogP contribution < -0.4 is 14.4 Å². The number of ether oxygens (including phenoxy) is 2. The number of hydrogen-bond donors (Lipinski definition) is 0. The molecule has 0 saturated heterocycles. The Morgan fingerprint density at radius 2 is 2.16 bits per heavy atom. The number of nitrogens with zero attached hydrogens (tertiary/aromatic N) is 2. The van der Waals surface area contributed by atoms with Crippen molar-refractivity contribution in [1.29, 1.82) is 0 Å². The van der Waals surface area contributed by atoms with Gasteiger partial charge in [0, 0.05) is 35.0 Å². The lowest BCUT2D eigenvalue weighted by molar-refractivity contribution is 0.295. The highest BCUT2D eigenvalue weighted by Gasteiger charge is 2.20. The van der Waals surface area contributed by atoms with E-state index in [0.717, 1.165) is 28.9 Å². The van der Waals surface area contributed by atoms with Crippen LogP contribution in [0.1, 0.15) is 17.5 Å². The molecular formula is C20H19ClN2O2. The van der Waals surface area contributed by atoms with E-state index in [9.17, 15) is 0 Å². The number of fused-ring (bicyclic) bond motifs is 1. The van der Waals surface area contributed by atoms with Gasteiger partial charge in [0.2, 0.25) is 0 Å². The number of aliphatic imine (C=N–C) groups is 1. The molecule has 25 heavy (non-hydrogen) atoms. The van der Waals surface area contributed by atoms with Gasteiger partial charge < -0.3 is 14.4 Å². The molecule has 1 aliphatic heterocycles. The molecular weight excluding hydrogens is 336 g/mol. The molecule has 5 heteroatoms. The Bertz CT molecular complexity index is 827. The fourth-order valence-corrected chi connectivity index (χ4v) is 2.80. The monoisotopic (exact) mass is 354 g/mol. The SMILES string of the molecule is C#Cc1cccc(N2CN=Cc3cc(OCCCCl)c(OC)cc32)c1. The van der Waals surface area contributed by atoms with E-state index in [1.165, 1.54) is 0 Å². The molecule has 0 bridgehead atoms. The van der Waals surface area contributed by atoms with E-state index >= 15 is 0 Å². The molecule has 0 spiro atoms. The minimum Gasteiger partial charge on any atom is -0.493 e. The first-order chi connectivity index (χ1) is 12.3. The first-order valence-corrected chi connectivity index (χ1v) is 8.55. The summed E-state index contributed by atoms with van der Waals surface area (Å²) in [4.78, 5) is 6.56. The topological polar surface area (TPSA) is 34.1 Å². The summed E-state index contributed by atoms with van der Waals surface area (Å²) in [6.45, 7) is 1.07. The number of rotatable bonds is 6. The average molecular weight is 355 g/mol. The van der Waals surface area contributed by atoms with Crippen molar-refractivity contribution in [3.05, 3.63) is 47.5 Å². The molecule has 0 saturated carbocycles. The zero-order chi connectivity index (χ0) is 17.6. The Kier molecular flexibility index (Phi) is 5.47. The smallest absolute Gasteiger partial charge is 0.162 e. The van der Waals surface area contributed by atoms with Gasteiger partial charge in [-0.1, -0.05) is 12.0 Å². The normalized spacial score (nSPS) is 12.4. The number of methoxy groups -OCH3 is 1. The lowest BCUT2D eigenvalue weighted by Crippen LogP contribution is -2.22. The van der Waals surface area contributed by atoms with Crippen LogP contribution in [0.25, 0.3) is 0 Å². The number of alkyl halides is 1. The van der Waals surface area contributed by atoms with Crippen molar-refractivity contribution in [2.24, 2.45) is 4.99 Å². The predicted molar refractivity (Wildman–Crippen MR) is 103 cm³/mol. The summed E-state index contributed by atoms with van der Waals surface area (Å²) in [6.07, 6.45) is 8.15. The van der Waals surface area contributed by atoms with Crippen molar-refractivity contribution in [2.45, 2.75) is 6.42 Å². The zero-order valence-corrected chi connectivity index (χ0v) is 14.8. The molecule has 0 amide bonds. The van der Waals surface area contributed by atoms with Crippen LogP contribution >= 0.6 is 11.6 Å². The van der Waals surface area contributed by atoms with Gasteiger partial charge in [-0.05, 0) is 30.7 Å². The molecule has 128 valence electrons. The van der Waals surface area contributed by atoms with Gasteiger partial charge in [-0.15, -0.1) is 18.0 Å². The summed E-state index contributed by atoms with van der Waals surface area (Å²) in [5.41, 5.74) is 3.80. The lowest BCUT2D eigenvalue weighted by Gasteiger charge is -2.28. The van der Waals surface area contributed by atoms with Crippen LogP contribution in [0.3, 0.4) is 0 Å². The number of halogens is 1. The fraction of sp³-hybridized carbons (Fsp3) is 0.250. The molecule has 2 aromatic carbocycles. The van der Waals surface area contributed by atoms with Crippen molar-refractivity contribution in [1.82, 2.24) is 0 Å². The van der Waals surface area contributed by atoms with E-state index < -0.39 is 0 Å². The van der Waals surface area contributed by atoms with Gasteiger partial charge in [0.25, 0.3) is 0 Å². The quantitative estimate of drug-likeness (QED) is 0.442. The molecule has 1 aliphatic rings. The molecule has 2 aromatic rings. The van der Waals surface area contributed by atoms with Crippen LogP contribution in [0.4, 0.5) is 11.4 Å². The molecule has 0 atom stereocenters. The Balaban J connectivity index is 1.98. The average Bonchev–Trinajstić information content (AvgIpc) is 2.67. The van der Waals surface area contributed by atoms with Crippen molar-refractivity contribution in [2.75, 3.05) is 31.2 Å². The number of anilines is 2. The second kappa shape index (κ2) is 7.96. The highest BCUT2D eigenvalue weighted by atomic mass is 35.5. The van der Waals surface area contributed by atoms with Crippen molar-refractivity contribution >= 4 is 29.2 Å². The summed E-state index contributed by atoms with van der Waals surface area (Å²) < 4.78 is 11.3. The van der Waals surface area contributed by atoms with Crippen LogP contribution in [-0.4, -0.2) is 32.5 Å². The lowest BCUT2D eigenvalue weighted by atomic mass is 10.1. The van der Waals surface area contributed by atoms with Gasteiger partial charge in [-0.2, -0.15) is 0 Å². The van der Waals surface area contributed by atoms with Gasteiger partial charge >= 0.3 is 0 Å². The summed E-state index contributed by atoms with van der Waals surface area (Å²) in [6, 6.07) is 11.8. The highest BCUT2D eigenvalue weighted by molar-refractivity contribution is 6.17. The van der Waals surface area contributed by atoms with Gasteiger partial charge in [-0.3, -0.25) is 4.99 Å². The van der Waals surface area contributed by atoms with E-state index in [1.807, 2.05) is 42.6 Å². The first kappa shape index (κ1) is 17.2. The minimum atomic E-state index is 0.524. The Morgan fingerprint density at radius 1 is 1.28 bits per heavy atom. The van der Waals surface area contributed by atoms with Crippen molar-refractivity contribution < 1.29 is 9.47 Å². The van der Waals surface area contributed by atoms with E-state index in [4.69, 9.17) is 27.5 Å². The first-order valence-electron chi connectivity index (χ1n) is 8.01. The summed E-state index contributed by atoms with van der Waals surface area (Å²) in [5.74, 6) is 4.61. The maximum Gasteiger partial charge on any atom is 0.162 e. The second-order valence-electron chi connectivity index (χ2n) is 5.53. The number of hydrogen-bond acceptors (Lipinski definition) is 4. The highest BCUT2D eigenvalue weighted by Crippen LogP contribution is 2.39. The van der Waals surface area contributed by atoms with Gasteiger partial charge in [0.1, 0.15) is 6.67 Å². The van der Waals surface area contributed by atoms with Crippen LogP contribution in [0.5, 0.6) is 11.5 Å². The third-order valence-corrected chi connectivity index (χ3v) is 4.18. The third kappa shape index (κ3) is 3.72. The summed E-state index contributed by atoms with van der Waals surface area (Å²) >= 11 is 5.72. The van der Waals surface area contributed by atoms with Crippen LogP contribution in [0, 0.1) is 12.3 Å². The minimum absolute atomic E-state index is 0.524.